The second-order valence-corrected chi connectivity index (χ2v) is 6.01. The van der Waals surface area contributed by atoms with Crippen LogP contribution in [0.4, 0.5) is 0 Å². The van der Waals surface area contributed by atoms with E-state index in [1.54, 1.807) is 21.3 Å². The first-order valence-electron chi connectivity index (χ1n) is 8.64. The molecule has 6 nitrogen and oxygen atoms in total. The van der Waals surface area contributed by atoms with Gasteiger partial charge < -0.3 is 24.8 Å². The Bertz CT molecular complexity index is 758. The Labute approximate surface area is 177 Å². The van der Waals surface area contributed by atoms with Crippen LogP contribution in [0.15, 0.2) is 47.5 Å². The number of hydrogen-bond donors (Lipinski definition) is 2. The van der Waals surface area contributed by atoms with Gasteiger partial charge >= 0.3 is 0 Å². The average molecular weight is 483 g/mol. The lowest BCUT2D eigenvalue weighted by Gasteiger charge is -2.17. The molecule has 2 aromatic rings. The van der Waals surface area contributed by atoms with Gasteiger partial charge in [0.2, 0.25) is 0 Å². The van der Waals surface area contributed by atoms with Gasteiger partial charge in [-0.15, -0.1) is 24.0 Å². The van der Waals surface area contributed by atoms with E-state index in [9.17, 15) is 0 Å². The molecule has 1 aliphatic rings. The van der Waals surface area contributed by atoms with E-state index in [1.807, 2.05) is 36.4 Å². The van der Waals surface area contributed by atoms with Gasteiger partial charge in [0.1, 0.15) is 11.9 Å². The van der Waals surface area contributed by atoms with Gasteiger partial charge in [-0.05, 0) is 17.7 Å². The maximum absolute atomic E-state index is 5.95. The zero-order valence-corrected chi connectivity index (χ0v) is 18.2. The molecule has 1 unspecified atom stereocenters. The number of rotatable bonds is 6. The highest BCUT2D eigenvalue weighted by atomic mass is 127. The van der Waals surface area contributed by atoms with Crippen molar-refractivity contribution >= 4 is 29.9 Å². The third-order valence-electron chi connectivity index (χ3n) is 4.37. The van der Waals surface area contributed by atoms with Gasteiger partial charge in [-0.1, -0.05) is 30.3 Å². The van der Waals surface area contributed by atoms with Crippen molar-refractivity contribution in [3.63, 3.8) is 0 Å². The molecule has 0 amide bonds. The second-order valence-electron chi connectivity index (χ2n) is 6.01. The number of guanidine groups is 1. The summed E-state index contributed by atoms with van der Waals surface area (Å²) in [6.45, 7) is 1.26. The minimum absolute atomic E-state index is 0. The molecule has 3 rings (SSSR count). The number of aliphatic imine (C=N–C) groups is 1. The number of benzene rings is 2. The predicted octanol–water partition coefficient (Wildman–Crippen LogP) is 2.99. The molecule has 0 spiro atoms. The molecule has 1 atom stereocenters. The van der Waals surface area contributed by atoms with E-state index < -0.39 is 0 Å². The smallest absolute Gasteiger partial charge is 0.191 e. The van der Waals surface area contributed by atoms with Crippen LogP contribution in [-0.2, 0) is 13.0 Å². The lowest BCUT2D eigenvalue weighted by Crippen LogP contribution is -2.42. The quantitative estimate of drug-likeness (QED) is 0.376. The molecule has 2 N–H and O–H groups in total. The van der Waals surface area contributed by atoms with Gasteiger partial charge in [-0.25, -0.2) is 0 Å². The number of nitrogens with zero attached hydrogens (tertiary/aromatic N) is 1. The van der Waals surface area contributed by atoms with Gasteiger partial charge in [0.05, 0.1) is 20.8 Å². The topological polar surface area (TPSA) is 64.1 Å². The normalized spacial score (nSPS) is 15.2. The Morgan fingerprint density at radius 2 is 1.93 bits per heavy atom. The molecule has 0 radical (unpaired) electrons. The van der Waals surface area contributed by atoms with Crippen LogP contribution < -0.4 is 24.8 Å². The summed E-state index contributed by atoms with van der Waals surface area (Å²) in [4.78, 5) is 4.28. The van der Waals surface area contributed by atoms with E-state index in [0.29, 0.717) is 18.8 Å². The van der Waals surface area contributed by atoms with Crippen LogP contribution in [-0.4, -0.2) is 39.9 Å². The van der Waals surface area contributed by atoms with Crippen molar-refractivity contribution in [1.82, 2.24) is 10.6 Å². The fourth-order valence-corrected chi connectivity index (χ4v) is 3.07. The summed E-state index contributed by atoms with van der Waals surface area (Å²) < 4.78 is 16.8. The van der Waals surface area contributed by atoms with Gasteiger partial charge in [0.25, 0.3) is 0 Å². The van der Waals surface area contributed by atoms with Crippen molar-refractivity contribution in [2.75, 3.05) is 27.8 Å². The molecule has 2 aromatic carbocycles. The summed E-state index contributed by atoms with van der Waals surface area (Å²) in [6, 6.07) is 14.0. The largest absolute Gasteiger partial charge is 0.493 e. The summed E-state index contributed by atoms with van der Waals surface area (Å²) in [5.74, 6) is 3.14. The van der Waals surface area contributed by atoms with E-state index >= 15 is 0 Å². The van der Waals surface area contributed by atoms with Crippen LogP contribution in [0.1, 0.15) is 11.1 Å². The van der Waals surface area contributed by atoms with E-state index in [-0.39, 0.29) is 30.1 Å². The Kier molecular flexibility index (Phi) is 8.02. The van der Waals surface area contributed by atoms with Gasteiger partial charge in [-0.2, -0.15) is 0 Å². The molecule has 0 bridgehead atoms. The summed E-state index contributed by atoms with van der Waals surface area (Å²) in [7, 11) is 5.03. The molecule has 0 aliphatic carbocycles. The Hall–Kier alpha value is -2.16. The highest BCUT2D eigenvalue weighted by molar-refractivity contribution is 14.0. The van der Waals surface area contributed by atoms with Crippen LogP contribution >= 0.6 is 24.0 Å². The fraction of sp³-hybridized carbons (Fsp3) is 0.350. The van der Waals surface area contributed by atoms with Gasteiger partial charge in [0.15, 0.2) is 17.5 Å². The number of para-hydroxylation sites is 2. The number of nitrogens with one attached hydrogen (secondary N) is 2. The monoisotopic (exact) mass is 483 g/mol. The van der Waals surface area contributed by atoms with E-state index in [1.165, 1.54) is 5.56 Å². The lowest BCUT2D eigenvalue weighted by molar-refractivity contribution is 0.235. The first-order valence-corrected chi connectivity index (χ1v) is 8.64. The number of fused-ring (bicyclic) bond motifs is 1. The maximum Gasteiger partial charge on any atom is 0.191 e. The third kappa shape index (κ3) is 5.18. The minimum Gasteiger partial charge on any atom is -0.493 e. The van der Waals surface area contributed by atoms with Crippen LogP contribution in [0, 0.1) is 0 Å². The van der Waals surface area contributed by atoms with Gasteiger partial charge in [-0.3, -0.25) is 4.99 Å². The Morgan fingerprint density at radius 1 is 1.11 bits per heavy atom. The minimum atomic E-state index is 0. The highest BCUT2D eigenvalue weighted by Gasteiger charge is 2.22. The average Bonchev–Trinajstić information content (AvgIpc) is 3.10. The van der Waals surface area contributed by atoms with Crippen molar-refractivity contribution < 1.29 is 14.2 Å². The molecule has 0 fully saturated rings. The van der Waals surface area contributed by atoms with Crippen LogP contribution in [0.3, 0.4) is 0 Å². The summed E-state index contributed by atoms with van der Waals surface area (Å²) in [5.41, 5.74) is 2.25. The third-order valence-corrected chi connectivity index (χ3v) is 4.37. The van der Waals surface area contributed by atoms with Crippen molar-refractivity contribution in [2.24, 2.45) is 4.99 Å². The summed E-state index contributed by atoms with van der Waals surface area (Å²) in [6.07, 6.45) is 1.02. The molecule has 7 heteroatoms. The molecular formula is C20H26IN3O3. The summed E-state index contributed by atoms with van der Waals surface area (Å²) >= 11 is 0. The molecule has 0 saturated heterocycles. The standard InChI is InChI=1S/C20H25N3O3.HI/c1-21-20(22-12-15-8-6-10-18(24-2)19(15)25-3)23-13-16-11-14-7-4-5-9-17(14)26-16;/h4-10,16H,11-13H2,1-3H3,(H2,21,22,23);1H. The number of ether oxygens (including phenoxy) is 3. The lowest BCUT2D eigenvalue weighted by atomic mass is 10.1. The van der Waals surface area contributed by atoms with Crippen molar-refractivity contribution in [2.45, 2.75) is 19.1 Å². The van der Waals surface area contributed by atoms with E-state index in [2.05, 4.69) is 21.7 Å². The first-order chi connectivity index (χ1) is 12.7. The van der Waals surface area contributed by atoms with E-state index in [4.69, 9.17) is 14.2 Å². The SMILES string of the molecule is CN=C(NCc1cccc(OC)c1OC)NCC1Cc2ccccc2O1.I. The van der Waals surface area contributed by atoms with Crippen molar-refractivity contribution in [3.05, 3.63) is 53.6 Å². The van der Waals surface area contributed by atoms with Crippen LogP contribution in [0.2, 0.25) is 0 Å². The zero-order chi connectivity index (χ0) is 18.4. The predicted molar refractivity (Wildman–Crippen MR) is 118 cm³/mol. The van der Waals surface area contributed by atoms with Crippen molar-refractivity contribution in [3.8, 4) is 17.2 Å². The zero-order valence-electron chi connectivity index (χ0n) is 15.8. The van der Waals surface area contributed by atoms with E-state index in [0.717, 1.165) is 29.4 Å². The van der Waals surface area contributed by atoms with Crippen LogP contribution in [0.25, 0.3) is 0 Å². The number of hydrogen-bond acceptors (Lipinski definition) is 4. The Balaban J connectivity index is 0.00000261. The molecule has 1 aliphatic heterocycles. The Morgan fingerprint density at radius 3 is 2.63 bits per heavy atom. The van der Waals surface area contributed by atoms with Gasteiger partial charge in [0, 0.05) is 25.6 Å². The molecule has 146 valence electrons. The number of methoxy groups -OCH3 is 2. The first kappa shape index (κ1) is 21.1. The van der Waals surface area contributed by atoms with Crippen molar-refractivity contribution in [1.29, 1.82) is 0 Å². The fourth-order valence-electron chi connectivity index (χ4n) is 3.07. The molecule has 0 aromatic heterocycles. The molecular weight excluding hydrogens is 457 g/mol. The highest BCUT2D eigenvalue weighted by Crippen LogP contribution is 2.30. The maximum atomic E-state index is 5.95. The number of halogens is 1. The van der Waals surface area contributed by atoms with Crippen LogP contribution in [0.5, 0.6) is 17.2 Å². The molecule has 27 heavy (non-hydrogen) atoms. The molecule has 1 heterocycles. The summed E-state index contributed by atoms with van der Waals surface area (Å²) in [5, 5.41) is 6.63. The second kappa shape index (κ2) is 10.2. The molecule has 0 saturated carbocycles.